The largest absolute Gasteiger partial charge is 0.326 e. The maximum Gasteiger partial charge on any atom is 0.291 e. The summed E-state index contributed by atoms with van der Waals surface area (Å²) in [7, 11) is 0. The summed E-state index contributed by atoms with van der Waals surface area (Å²) < 4.78 is 0. The number of imide groups is 1. The van der Waals surface area contributed by atoms with E-state index in [1.54, 1.807) is 0 Å². The second kappa shape index (κ2) is 5.91. The number of nitrogens with one attached hydrogen (secondary N) is 1. The summed E-state index contributed by atoms with van der Waals surface area (Å²) >= 11 is 0. The molecular weight excluding hydrogens is 330 g/mol. The van der Waals surface area contributed by atoms with Crippen LogP contribution in [0.25, 0.3) is 0 Å². The molecule has 1 spiro atoms. The highest BCUT2D eigenvalue weighted by molar-refractivity contribution is 6.14. The van der Waals surface area contributed by atoms with Crippen molar-refractivity contribution in [2.75, 3.05) is 11.9 Å². The molecule has 3 heterocycles. The molecule has 0 unspecified atom stereocenters. The lowest BCUT2D eigenvalue weighted by molar-refractivity contribution is -0.730. The number of likely N-dealkylation sites (tertiary alicyclic amines) is 1. The van der Waals surface area contributed by atoms with Crippen molar-refractivity contribution < 1.29 is 19.7 Å². The first kappa shape index (κ1) is 17.2. The molecule has 3 N–H and O–H groups in total. The van der Waals surface area contributed by atoms with E-state index in [0.29, 0.717) is 6.54 Å². The van der Waals surface area contributed by atoms with E-state index in [1.807, 2.05) is 44.3 Å². The molecule has 0 aromatic heterocycles. The summed E-state index contributed by atoms with van der Waals surface area (Å²) in [4.78, 5) is 40.7. The standard InChI is InChI=1S/C20H25N3O3/c1-4-6-10-23-17(24)14-11(3)22-20(15(14)18(23)25)13-9-7-8-12(5-2)16(13)21-19(20)26/h7-9,11,14-15,22H,4-6,10H2,1-3H3,(H,21,26)/p+1/t11-,14+,15-,20+/m0/s1. The normalized spacial score (nSPS) is 32.3. The number of para-hydroxylation sites is 1. The number of hydrogen-bond acceptors (Lipinski definition) is 3. The maximum atomic E-state index is 13.2. The monoisotopic (exact) mass is 356 g/mol. The van der Waals surface area contributed by atoms with Crippen LogP contribution >= 0.6 is 0 Å². The van der Waals surface area contributed by atoms with Gasteiger partial charge >= 0.3 is 0 Å². The Hall–Kier alpha value is -2.21. The molecule has 6 nitrogen and oxygen atoms in total. The van der Waals surface area contributed by atoms with E-state index in [4.69, 9.17) is 0 Å². The lowest BCUT2D eigenvalue weighted by atomic mass is 9.76. The number of fused-ring (bicyclic) bond motifs is 4. The van der Waals surface area contributed by atoms with Gasteiger partial charge in [-0.05, 0) is 25.3 Å². The van der Waals surface area contributed by atoms with Gasteiger partial charge in [0, 0.05) is 12.1 Å². The molecular formula is C20H26N3O3+. The Morgan fingerprint density at radius 3 is 2.65 bits per heavy atom. The van der Waals surface area contributed by atoms with Gasteiger partial charge in [-0.3, -0.25) is 19.3 Å². The van der Waals surface area contributed by atoms with E-state index in [1.165, 1.54) is 4.90 Å². The molecule has 138 valence electrons. The van der Waals surface area contributed by atoms with E-state index < -0.39 is 17.4 Å². The number of aryl methyl sites for hydroxylation is 1. The van der Waals surface area contributed by atoms with Crippen molar-refractivity contribution in [2.45, 2.75) is 51.6 Å². The van der Waals surface area contributed by atoms with E-state index in [2.05, 4.69) is 5.32 Å². The first-order valence-corrected chi connectivity index (χ1v) is 9.62. The number of anilines is 1. The Bertz CT molecular complexity index is 805. The first-order chi connectivity index (χ1) is 12.5. The highest BCUT2D eigenvalue weighted by Gasteiger charge is 2.73. The van der Waals surface area contributed by atoms with Gasteiger partial charge in [-0.15, -0.1) is 0 Å². The molecule has 0 bridgehead atoms. The third kappa shape index (κ3) is 1.99. The van der Waals surface area contributed by atoms with Gasteiger partial charge in [0.15, 0.2) is 0 Å². The van der Waals surface area contributed by atoms with Crippen LogP contribution in [-0.4, -0.2) is 35.2 Å². The van der Waals surface area contributed by atoms with Crippen molar-refractivity contribution in [2.24, 2.45) is 11.8 Å². The lowest BCUT2D eigenvalue weighted by Crippen LogP contribution is -2.98. The van der Waals surface area contributed by atoms with Gasteiger partial charge in [-0.25, -0.2) is 0 Å². The molecule has 3 aliphatic heterocycles. The summed E-state index contributed by atoms with van der Waals surface area (Å²) in [5.41, 5.74) is 1.74. The first-order valence-electron chi connectivity index (χ1n) is 9.62. The van der Waals surface area contributed by atoms with Crippen LogP contribution in [-0.2, 0) is 26.3 Å². The second-order valence-corrected chi connectivity index (χ2v) is 7.73. The molecule has 1 aromatic carbocycles. The van der Waals surface area contributed by atoms with Crippen molar-refractivity contribution in [1.29, 1.82) is 0 Å². The van der Waals surface area contributed by atoms with E-state index in [9.17, 15) is 14.4 Å². The van der Waals surface area contributed by atoms with Gasteiger partial charge in [-0.1, -0.05) is 38.5 Å². The van der Waals surface area contributed by atoms with Crippen LogP contribution in [0.5, 0.6) is 0 Å². The van der Waals surface area contributed by atoms with Crippen molar-refractivity contribution in [3.8, 4) is 0 Å². The Kier molecular flexibility index (Phi) is 3.91. The Labute approximate surface area is 153 Å². The number of quaternary nitrogens is 1. The highest BCUT2D eigenvalue weighted by Crippen LogP contribution is 2.49. The number of rotatable bonds is 4. The van der Waals surface area contributed by atoms with Gasteiger partial charge in [0.2, 0.25) is 17.4 Å². The molecule has 0 aliphatic carbocycles. The average Bonchev–Trinajstić information content (AvgIpc) is 3.18. The van der Waals surface area contributed by atoms with Gasteiger partial charge in [-0.2, -0.15) is 0 Å². The molecule has 0 saturated carbocycles. The van der Waals surface area contributed by atoms with Crippen LogP contribution in [0.2, 0.25) is 0 Å². The van der Waals surface area contributed by atoms with E-state index >= 15 is 0 Å². The van der Waals surface area contributed by atoms with Gasteiger partial charge in [0.25, 0.3) is 5.91 Å². The summed E-state index contributed by atoms with van der Waals surface area (Å²) in [6, 6.07) is 5.78. The zero-order valence-electron chi connectivity index (χ0n) is 15.5. The number of unbranched alkanes of at least 4 members (excludes halogenated alkanes) is 1. The van der Waals surface area contributed by atoms with E-state index in [-0.39, 0.29) is 23.8 Å². The molecule has 3 aliphatic rings. The van der Waals surface area contributed by atoms with Gasteiger partial charge in [0.05, 0.1) is 11.7 Å². The Balaban J connectivity index is 1.83. The van der Waals surface area contributed by atoms with Crippen LogP contribution in [0, 0.1) is 11.8 Å². The Morgan fingerprint density at radius 2 is 1.96 bits per heavy atom. The van der Waals surface area contributed by atoms with Crippen LogP contribution in [0.3, 0.4) is 0 Å². The molecule has 0 radical (unpaired) electrons. The van der Waals surface area contributed by atoms with Crippen molar-refractivity contribution in [3.05, 3.63) is 29.3 Å². The van der Waals surface area contributed by atoms with Gasteiger partial charge < -0.3 is 10.6 Å². The van der Waals surface area contributed by atoms with Crippen LogP contribution in [0.15, 0.2) is 18.2 Å². The smallest absolute Gasteiger partial charge is 0.291 e. The zero-order valence-corrected chi connectivity index (χ0v) is 15.5. The summed E-state index contributed by atoms with van der Waals surface area (Å²) in [6.45, 7) is 6.49. The highest BCUT2D eigenvalue weighted by atomic mass is 16.2. The van der Waals surface area contributed by atoms with E-state index in [0.717, 1.165) is 36.1 Å². The van der Waals surface area contributed by atoms with Crippen LogP contribution in [0.1, 0.15) is 44.7 Å². The van der Waals surface area contributed by atoms with Crippen molar-refractivity contribution >= 4 is 23.4 Å². The SMILES string of the molecule is CCCCN1C(=O)[C@@H]2[C@H](C)[NH2+][C@@]3(C(=O)Nc4c(CC)cccc43)[C@@H]2C1=O. The molecule has 6 heteroatoms. The number of nitrogens with two attached hydrogens (primary N) is 1. The fourth-order valence-corrected chi connectivity index (χ4v) is 5.12. The van der Waals surface area contributed by atoms with Gasteiger partial charge in [0.1, 0.15) is 11.8 Å². The predicted octanol–water partition coefficient (Wildman–Crippen LogP) is 0.763. The Morgan fingerprint density at radius 1 is 1.19 bits per heavy atom. The number of benzene rings is 1. The molecule has 4 atom stereocenters. The number of amides is 3. The molecule has 4 rings (SSSR count). The fourth-order valence-electron chi connectivity index (χ4n) is 5.12. The number of hydrogen-bond donors (Lipinski definition) is 2. The summed E-state index contributed by atoms with van der Waals surface area (Å²) in [5, 5.41) is 4.98. The van der Waals surface area contributed by atoms with Crippen molar-refractivity contribution in [3.63, 3.8) is 0 Å². The third-order valence-corrected chi connectivity index (χ3v) is 6.35. The average molecular weight is 356 g/mol. The topological polar surface area (TPSA) is 83.1 Å². The molecule has 3 amide bonds. The number of nitrogens with zero attached hydrogens (tertiary/aromatic N) is 1. The number of carbonyl (C=O) groups is 3. The predicted molar refractivity (Wildman–Crippen MR) is 96.1 cm³/mol. The minimum atomic E-state index is -1.02. The summed E-state index contributed by atoms with van der Waals surface area (Å²) in [6.07, 6.45) is 2.52. The second-order valence-electron chi connectivity index (χ2n) is 7.73. The summed E-state index contributed by atoms with van der Waals surface area (Å²) in [5.74, 6) is -1.50. The number of carbonyl (C=O) groups excluding carboxylic acids is 3. The van der Waals surface area contributed by atoms with Crippen LogP contribution < -0.4 is 10.6 Å². The maximum absolute atomic E-state index is 13.2. The fraction of sp³-hybridized carbons (Fsp3) is 0.550. The molecule has 26 heavy (non-hydrogen) atoms. The molecule has 2 saturated heterocycles. The zero-order chi connectivity index (χ0) is 18.6. The molecule has 2 fully saturated rings. The lowest BCUT2D eigenvalue weighted by Gasteiger charge is -2.25. The molecule has 1 aromatic rings. The minimum Gasteiger partial charge on any atom is -0.326 e. The van der Waals surface area contributed by atoms with Crippen LogP contribution in [0.4, 0.5) is 5.69 Å². The minimum absolute atomic E-state index is 0.106. The third-order valence-electron chi connectivity index (χ3n) is 6.35. The quantitative estimate of drug-likeness (QED) is 0.782. The van der Waals surface area contributed by atoms with Crippen molar-refractivity contribution in [1.82, 2.24) is 4.90 Å².